The van der Waals surface area contributed by atoms with Gasteiger partial charge >= 0.3 is 6.03 Å². The molecular formula is C24H33N3O4. The summed E-state index contributed by atoms with van der Waals surface area (Å²) in [5.41, 5.74) is 2.90. The van der Waals surface area contributed by atoms with E-state index in [2.05, 4.69) is 31.1 Å². The Hall–Kier alpha value is -2.54. The Morgan fingerprint density at radius 3 is 2.32 bits per heavy atom. The van der Waals surface area contributed by atoms with Gasteiger partial charge in [0, 0.05) is 12.8 Å². The average Bonchev–Trinajstić information content (AvgIpc) is 2.57. The second-order valence-electron chi connectivity index (χ2n) is 10.4. The van der Waals surface area contributed by atoms with Gasteiger partial charge in [0.25, 0.3) is 5.91 Å². The van der Waals surface area contributed by atoms with Gasteiger partial charge in [-0.2, -0.15) is 0 Å². The van der Waals surface area contributed by atoms with Crippen molar-refractivity contribution in [2.24, 2.45) is 21.7 Å². The third kappa shape index (κ3) is 4.87. The summed E-state index contributed by atoms with van der Waals surface area (Å²) in [5.74, 6) is -2.42. The molecule has 1 saturated carbocycles. The summed E-state index contributed by atoms with van der Waals surface area (Å²) in [5, 5.41) is 12.6. The molecule has 1 heterocycles. The molecule has 1 saturated heterocycles. The van der Waals surface area contributed by atoms with Crippen LogP contribution < -0.4 is 10.2 Å². The monoisotopic (exact) mass is 427 g/mol. The van der Waals surface area contributed by atoms with Crippen LogP contribution in [0.2, 0.25) is 0 Å². The Balaban J connectivity index is 1.83. The number of amides is 4. The van der Waals surface area contributed by atoms with Gasteiger partial charge in [-0.15, -0.1) is 0 Å². The molecule has 2 aliphatic rings. The van der Waals surface area contributed by atoms with Gasteiger partial charge in [-0.1, -0.05) is 38.5 Å². The maximum absolute atomic E-state index is 13.2. The third-order valence-corrected chi connectivity index (χ3v) is 6.21. The molecular weight excluding hydrogens is 394 g/mol. The Morgan fingerprint density at radius 1 is 1.13 bits per heavy atom. The number of benzene rings is 1. The van der Waals surface area contributed by atoms with Gasteiger partial charge in [0.05, 0.1) is 11.8 Å². The number of nitrogens with zero attached hydrogens (tertiary/aromatic N) is 2. The number of nitrogens with one attached hydrogen (secondary N) is 1. The quantitative estimate of drug-likeness (QED) is 0.568. The Labute approximate surface area is 183 Å². The number of aliphatic hydroxyl groups excluding tert-OH is 1. The van der Waals surface area contributed by atoms with E-state index in [0.717, 1.165) is 34.4 Å². The highest BCUT2D eigenvalue weighted by Crippen LogP contribution is 2.46. The van der Waals surface area contributed by atoms with Crippen molar-refractivity contribution in [1.29, 1.82) is 0 Å². The normalized spacial score (nSPS) is 28.9. The number of aryl methyl sites for hydroxylation is 3. The molecule has 168 valence electrons. The fourth-order valence-electron chi connectivity index (χ4n) is 5.54. The van der Waals surface area contributed by atoms with Crippen molar-refractivity contribution in [3.8, 4) is 0 Å². The number of aliphatic hydroxyl groups is 1. The fraction of sp³-hybridized carbons (Fsp3) is 0.583. The number of carbonyl (C=O) groups is 3. The van der Waals surface area contributed by atoms with Gasteiger partial charge in [0.15, 0.2) is 5.92 Å². The second kappa shape index (κ2) is 8.19. The molecule has 1 aromatic carbocycles. The van der Waals surface area contributed by atoms with Crippen molar-refractivity contribution < 1.29 is 19.5 Å². The highest BCUT2D eigenvalue weighted by atomic mass is 16.3. The minimum Gasteiger partial charge on any atom is -0.393 e. The predicted octanol–water partition coefficient (Wildman–Crippen LogP) is 3.46. The number of hydrogen-bond donors (Lipinski definition) is 2. The molecule has 2 fully saturated rings. The van der Waals surface area contributed by atoms with Gasteiger partial charge in [0.2, 0.25) is 5.91 Å². The number of carbonyl (C=O) groups excluding carboxylic acids is 3. The molecule has 1 aliphatic carbocycles. The molecule has 0 radical (unpaired) electrons. The zero-order chi connectivity index (χ0) is 23.1. The van der Waals surface area contributed by atoms with Crippen LogP contribution in [0.5, 0.6) is 0 Å². The van der Waals surface area contributed by atoms with Gasteiger partial charge in [-0.3, -0.25) is 19.9 Å². The molecule has 0 unspecified atom stereocenters. The molecule has 0 bridgehead atoms. The Kier molecular flexibility index (Phi) is 6.11. The molecule has 1 aromatic rings. The van der Waals surface area contributed by atoms with Crippen LogP contribution in [0.4, 0.5) is 10.5 Å². The standard InChI is InChI=1S/C24H33N3O4/c1-14-7-15(2)19(16(3)8-14)27-21(30)18(20(29)26-22(27)31)11-25-13-24(6)10-17(28)9-23(4,5)12-24/h7-8,11,17-18,28H,9-10,12-13H2,1-6H3,(H,26,29,31)/t17-,18-,24-/m0/s1. The molecule has 0 aromatic heterocycles. The minimum atomic E-state index is -1.16. The van der Waals surface area contributed by atoms with E-state index in [0.29, 0.717) is 18.7 Å². The van der Waals surface area contributed by atoms with Crippen molar-refractivity contribution in [3.63, 3.8) is 0 Å². The smallest absolute Gasteiger partial charge is 0.335 e. The van der Waals surface area contributed by atoms with E-state index >= 15 is 0 Å². The van der Waals surface area contributed by atoms with E-state index in [-0.39, 0.29) is 16.9 Å². The molecule has 3 rings (SSSR count). The lowest BCUT2D eigenvalue weighted by Crippen LogP contribution is -2.59. The molecule has 0 spiro atoms. The number of barbiturate groups is 1. The van der Waals surface area contributed by atoms with Gasteiger partial charge in [-0.25, -0.2) is 9.69 Å². The van der Waals surface area contributed by atoms with Crippen LogP contribution in [0.3, 0.4) is 0 Å². The minimum absolute atomic E-state index is 0.00365. The summed E-state index contributed by atoms with van der Waals surface area (Å²) in [6, 6.07) is 3.07. The van der Waals surface area contributed by atoms with Crippen LogP contribution in [0.1, 0.15) is 56.7 Å². The lowest BCUT2D eigenvalue weighted by atomic mass is 9.63. The zero-order valence-electron chi connectivity index (χ0n) is 19.3. The molecule has 7 heteroatoms. The number of rotatable bonds is 4. The maximum Gasteiger partial charge on any atom is 0.335 e. The first-order valence-electron chi connectivity index (χ1n) is 10.8. The molecule has 7 nitrogen and oxygen atoms in total. The van der Waals surface area contributed by atoms with Crippen LogP contribution in [0.15, 0.2) is 17.1 Å². The lowest BCUT2D eigenvalue weighted by molar-refractivity contribution is -0.131. The summed E-state index contributed by atoms with van der Waals surface area (Å²) < 4.78 is 0. The summed E-state index contributed by atoms with van der Waals surface area (Å²) >= 11 is 0. The van der Waals surface area contributed by atoms with E-state index in [4.69, 9.17) is 0 Å². The second-order valence-corrected chi connectivity index (χ2v) is 10.4. The SMILES string of the molecule is Cc1cc(C)c(N2C(=O)NC(=O)[C@H](C=NC[C@@]3(C)C[C@@H](O)CC(C)(C)C3)C2=O)c(C)c1. The first kappa shape index (κ1) is 23.1. The molecule has 3 atom stereocenters. The van der Waals surface area contributed by atoms with Crippen LogP contribution in [-0.4, -0.2) is 41.8 Å². The van der Waals surface area contributed by atoms with Gasteiger partial charge in [0.1, 0.15) is 0 Å². The number of urea groups is 1. The van der Waals surface area contributed by atoms with E-state index in [1.807, 2.05) is 32.9 Å². The zero-order valence-corrected chi connectivity index (χ0v) is 19.3. The van der Waals surface area contributed by atoms with Crippen LogP contribution in [0.25, 0.3) is 0 Å². The average molecular weight is 428 g/mol. The molecule has 4 amide bonds. The summed E-state index contributed by atoms with van der Waals surface area (Å²) in [4.78, 5) is 43.6. The van der Waals surface area contributed by atoms with E-state index < -0.39 is 23.8 Å². The van der Waals surface area contributed by atoms with E-state index in [9.17, 15) is 19.5 Å². The van der Waals surface area contributed by atoms with Crippen LogP contribution >= 0.6 is 0 Å². The Morgan fingerprint density at radius 2 is 1.74 bits per heavy atom. The number of aliphatic imine (C=N–C) groups is 1. The highest BCUT2D eigenvalue weighted by molar-refractivity contribution is 6.32. The molecule has 2 N–H and O–H groups in total. The summed E-state index contributed by atoms with van der Waals surface area (Å²) in [6.07, 6.45) is 3.25. The first-order chi connectivity index (χ1) is 14.3. The third-order valence-electron chi connectivity index (χ3n) is 6.21. The van der Waals surface area contributed by atoms with Crippen LogP contribution in [-0.2, 0) is 9.59 Å². The Bertz CT molecular complexity index is 929. The van der Waals surface area contributed by atoms with Crippen molar-refractivity contribution in [2.45, 2.75) is 66.9 Å². The first-order valence-corrected chi connectivity index (χ1v) is 10.8. The number of hydrogen-bond acceptors (Lipinski definition) is 5. The van der Waals surface area contributed by atoms with Crippen LogP contribution in [0, 0.1) is 37.5 Å². The largest absolute Gasteiger partial charge is 0.393 e. The molecule has 1 aliphatic heterocycles. The maximum atomic E-state index is 13.2. The fourth-order valence-corrected chi connectivity index (χ4v) is 5.54. The van der Waals surface area contributed by atoms with Crippen molar-refractivity contribution in [3.05, 3.63) is 28.8 Å². The van der Waals surface area contributed by atoms with E-state index in [1.54, 1.807) is 0 Å². The van der Waals surface area contributed by atoms with Gasteiger partial charge < -0.3 is 5.11 Å². The van der Waals surface area contributed by atoms with Crippen molar-refractivity contribution in [1.82, 2.24) is 5.32 Å². The summed E-state index contributed by atoms with van der Waals surface area (Å²) in [6.45, 7) is 12.4. The highest BCUT2D eigenvalue weighted by Gasteiger charge is 2.43. The van der Waals surface area contributed by atoms with E-state index in [1.165, 1.54) is 6.21 Å². The predicted molar refractivity (Wildman–Crippen MR) is 120 cm³/mol. The number of imide groups is 2. The summed E-state index contributed by atoms with van der Waals surface area (Å²) in [7, 11) is 0. The van der Waals surface area contributed by atoms with Crippen molar-refractivity contribution >= 4 is 29.7 Å². The number of anilines is 1. The molecule has 31 heavy (non-hydrogen) atoms. The lowest BCUT2D eigenvalue weighted by Gasteiger charge is -2.44. The van der Waals surface area contributed by atoms with Gasteiger partial charge in [-0.05, 0) is 62.0 Å². The van der Waals surface area contributed by atoms with Crippen molar-refractivity contribution in [2.75, 3.05) is 11.4 Å². The topological polar surface area (TPSA) is 99.1 Å².